The number of sulfonamides is 1. The maximum absolute atomic E-state index is 12.6. The normalized spacial score (nSPS) is 13.4. The molecule has 0 saturated heterocycles. The molecule has 0 aliphatic carbocycles. The molecular formula is C20H27NO4S. The molecule has 1 unspecified atom stereocenters. The summed E-state index contributed by atoms with van der Waals surface area (Å²) in [4.78, 5) is 0.236. The standard InChI is InChI=1S/C20H27NO4S/c1-20(2,3)15-10-12-16(13-11-15)26(22,23)21-14-19(25-5)17-8-6-7-9-18(17)24-4/h6-13,19,21H,14H2,1-5H3. The van der Waals surface area contributed by atoms with Crippen LogP contribution in [0.1, 0.15) is 38.0 Å². The number of hydrogen-bond donors (Lipinski definition) is 1. The van der Waals surface area contributed by atoms with E-state index in [0.29, 0.717) is 5.75 Å². The molecule has 0 amide bonds. The Hall–Kier alpha value is -1.89. The Morgan fingerprint density at radius 3 is 2.15 bits per heavy atom. The molecular weight excluding hydrogens is 350 g/mol. The van der Waals surface area contributed by atoms with Crippen molar-refractivity contribution in [2.24, 2.45) is 0 Å². The van der Waals surface area contributed by atoms with Crippen molar-refractivity contribution < 1.29 is 17.9 Å². The molecule has 0 bridgehead atoms. The SMILES string of the molecule is COc1ccccc1C(CNS(=O)(=O)c1ccc(C(C)(C)C)cc1)OC. The highest BCUT2D eigenvalue weighted by atomic mass is 32.2. The van der Waals surface area contributed by atoms with Crippen molar-refractivity contribution in [3.05, 3.63) is 59.7 Å². The minimum atomic E-state index is -3.63. The fourth-order valence-electron chi connectivity index (χ4n) is 2.66. The predicted molar refractivity (Wildman–Crippen MR) is 103 cm³/mol. The van der Waals surface area contributed by atoms with Crippen LogP contribution in [0.25, 0.3) is 0 Å². The van der Waals surface area contributed by atoms with Crippen LogP contribution in [0.15, 0.2) is 53.4 Å². The summed E-state index contributed by atoms with van der Waals surface area (Å²) in [6.07, 6.45) is -0.449. The van der Waals surface area contributed by atoms with Gasteiger partial charge in [-0.3, -0.25) is 0 Å². The van der Waals surface area contributed by atoms with Gasteiger partial charge in [-0.1, -0.05) is 51.1 Å². The van der Waals surface area contributed by atoms with Crippen LogP contribution in [0.5, 0.6) is 5.75 Å². The van der Waals surface area contributed by atoms with Crippen molar-refractivity contribution in [2.45, 2.75) is 37.2 Å². The van der Waals surface area contributed by atoms with Gasteiger partial charge < -0.3 is 9.47 Å². The Labute approximate surface area is 156 Å². The third kappa shape index (κ3) is 4.84. The molecule has 6 heteroatoms. The number of rotatable bonds is 7. The second-order valence-electron chi connectivity index (χ2n) is 7.09. The van der Waals surface area contributed by atoms with Gasteiger partial charge in [0.1, 0.15) is 5.75 Å². The monoisotopic (exact) mass is 377 g/mol. The molecule has 2 rings (SSSR count). The lowest BCUT2D eigenvalue weighted by molar-refractivity contribution is 0.105. The van der Waals surface area contributed by atoms with E-state index in [2.05, 4.69) is 25.5 Å². The van der Waals surface area contributed by atoms with Crippen molar-refractivity contribution >= 4 is 10.0 Å². The Bertz CT molecular complexity index is 824. The van der Waals surface area contributed by atoms with Gasteiger partial charge in [0.05, 0.1) is 18.1 Å². The van der Waals surface area contributed by atoms with Crippen molar-refractivity contribution in [3.63, 3.8) is 0 Å². The highest BCUT2D eigenvalue weighted by Crippen LogP contribution is 2.27. The van der Waals surface area contributed by atoms with Gasteiger partial charge in [0.2, 0.25) is 10.0 Å². The van der Waals surface area contributed by atoms with E-state index in [1.54, 1.807) is 26.4 Å². The van der Waals surface area contributed by atoms with E-state index in [-0.39, 0.29) is 16.9 Å². The third-order valence-corrected chi connectivity index (χ3v) is 5.70. The lowest BCUT2D eigenvalue weighted by Gasteiger charge is -2.20. The molecule has 0 heterocycles. The van der Waals surface area contributed by atoms with E-state index in [0.717, 1.165) is 11.1 Å². The molecule has 142 valence electrons. The molecule has 0 aliphatic rings. The Morgan fingerprint density at radius 1 is 1.00 bits per heavy atom. The topological polar surface area (TPSA) is 64.6 Å². The molecule has 26 heavy (non-hydrogen) atoms. The van der Waals surface area contributed by atoms with E-state index < -0.39 is 16.1 Å². The van der Waals surface area contributed by atoms with Crippen molar-refractivity contribution in [3.8, 4) is 5.75 Å². The van der Waals surface area contributed by atoms with Crippen LogP contribution >= 0.6 is 0 Å². The van der Waals surface area contributed by atoms with Gasteiger partial charge in [-0.25, -0.2) is 13.1 Å². The summed E-state index contributed by atoms with van der Waals surface area (Å²) >= 11 is 0. The highest BCUT2D eigenvalue weighted by molar-refractivity contribution is 7.89. The van der Waals surface area contributed by atoms with E-state index in [9.17, 15) is 8.42 Å². The second-order valence-corrected chi connectivity index (χ2v) is 8.86. The average Bonchev–Trinajstić information content (AvgIpc) is 2.62. The smallest absolute Gasteiger partial charge is 0.240 e. The van der Waals surface area contributed by atoms with Gasteiger partial charge >= 0.3 is 0 Å². The van der Waals surface area contributed by atoms with Crippen LogP contribution in [0.2, 0.25) is 0 Å². The molecule has 0 aliphatic heterocycles. The quantitative estimate of drug-likeness (QED) is 0.800. The summed E-state index contributed by atoms with van der Waals surface area (Å²) in [7, 11) is -0.505. The Balaban J connectivity index is 2.16. The lowest BCUT2D eigenvalue weighted by atomic mass is 9.87. The van der Waals surface area contributed by atoms with E-state index in [1.807, 2.05) is 36.4 Å². The lowest BCUT2D eigenvalue weighted by Crippen LogP contribution is -2.29. The zero-order valence-electron chi connectivity index (χ0n) is 15.9. The maximum atomic E-state index is 12.6. The first-order valence-electron chi connectivity index (χ1n) is 8.45. The van der Waals surface area contributed by atoms with Crippen LogP contribution < -0.4 is 9.46 Å². The molecule has 0 radical (unpaired) electrons. The summed E-state index contributed by atoms with van der Waals surface area (Å²) in [6, 6.07) is 14.4. The Kier molecular flexibility index (Phi) is 6.44. The van der Waals surface area contributed by atoms with Crippen molar-refractivity contribution in [1.29, 1.82) is 0 Å². The minimum absolute atomic E-state index is 0.0271. The number of hydrogen-bond acceptors (Lipinski definition) is 4. The van der Waals surface area contributed by atoms with E-state index in [1.165, 1.54) is 0 Å². The molecule has 5 nitrogen and oxygen atoms in total. The first-order chi connectivity index (χ1) is 12.2. The Morgan fingerprint density at radius 2 is 1.62 bits per heavy atom. The number of ether oxygens (including phenoxy) is 2. The van der Waals surface area contributed by atoms with Gasteiger partial charge in [-0.15, -0.1) is 0 Å². The summed E-state index contributed by atoms with van der Waals surface area (Å²) in [6.45, 7) is 6.38. The molecule has 0 fully saturated rings. The molecule has 1 N–H and O–H groups in total. The molecule has 2 aromatic carbocycles. The molecule has 0 spiro atoms. The fraction of sp³-hybridized carbons (Fsp3) is 0.400. The van der Waals surface area contributed by atoms with Gasteiger partial charge in [0, 0.05) is 19.2 Å². The first kappa shape index (κ1) is 20.4. The van der Waals surface area contributed by atoms with Gasteiger partial charge in [-0.2, -0.15) is 0 Å². The maximum Gasteiger partial charge on any atom is 0.240 e. The number of methoxy groups -OCH3 is 2. The summed E-state index contributed by atoms with van der Waals surface area (Å²) < 4.78 is 38.6. The summed E-state index contributed by atoms with van der Waals surface area (Å²) in [5.41, 5.74) is 1.85. The van der Waals surface area contributed by atoms with Crippen LogP contribution in [0, 0.1) is 0 Å². The predicted octanol–water partition coefficient (Wildman–Crippen LogP) is 3.66. The van der Waals surface area contributed by atoms with Crippen LogP contribution in [0.3, 0.4) is 0 Å². The van der Waals surface area contributed by atoms with Crippen molar-refractivity contribution in [1.82, 2.24) is 4.72 Å². The van der Waals surface area contributed by atoms with Crippen LogP contribution in [0.4, 0.5) is 0 Å². The summed E-state index contributed by atoms with van der Waals surface area (Å²) in [5, 5.41) is 0. The van der Waals surface area contributed by atoms with Crippen molar-refractivity contribution in [2.75, 3.05) is 20.8 Å². The number of para-hydroxylation sites is 1. The zero-order valence-corrected chi connectivity index (χ0v) is 16.8. The molecule has 1 atom stereocenters. The second kappa shape index (κ2) is 8.20. The highest BCUT2D eigenvalue weighted by Gasteiger charge is 2.21. The van der Waals surface area contributed by atoms with Crippen LogP contribution in [-0.2, 0) is 20.2 Å². The average molecular weight is 378 g/mol. The zero-order chi connectivity index (χ0) is 19.4. The van der Waals surface area contributed by atoms with Crippen LogP contribution in [-0.4, -0.2) is 29.2 Å². The minimum Gasteiger partial charge on any atom is -0.496 e. The summed E-state index contributed by atoms with van der Waals surface area (Å²) in [5.74, 6) is 0.660. The van der Waals surface area contributed by atoms with Gasteiger partial charge in [-0.05, 0) is 29.2 Å². The molecule has 0 aromatic heterocycles. The number of benzene rings is 2. The van der Waals surface area contributed by atoms with E-state index in [4.69, 9.17) is 9.47 Å². The van der Waals surface area contributed by atoms with Gasteiger partial charge in [0.15, 0.2) is 0 Å². The number of nitrogens with one attached hydrogen (secondary N) is 1. The fourth-order valence-corrected chi connectivity index (χ4v) is 3.69. The van der Waals surface area contributed by atoms with Gasteiger partial charge in [0.25, 0.3) is 0 Å². The van der Waals surface area contributed by atoms with E-state index >= 15 is 0 Å². The molecule has 2 aromatic rings. The first-order valence-corrected chi connectivity index (χ1v) is 9.93. The largest absolute Gasteiger partial charge is 0.496 e. The third-order valence-electron chi connectivity index (χ3n) is 4.26. The molecule has 0 saturated carbocycles.